The normalized spacial score (nSPS) is 22.8. The van der Waals surface area contributed by atoms with E-state index in [1.807, 2.05) is 12.1 Å². The standard InChI is InChI=1S/C15H19N3O/c1-10-5-3-4-6-12(10)9-13-17-15(19-18-13)14-11(2)7-8-16-14/h3-6,11,14,16H,7-9H2,1-2H3. The molecule has 1 aromatic heterocycles. The van der Waals surface area contributed by atoms with Crippen molar-refractivity contribution in [3.05, 3.63) is 47.1 Å². The number of aryl methyl sites for hydroxylation is 1. The molecule has 2 heterocycles. The van der Waals surface area contributed by atoms with Crippen molar-refractivity contribution in [2.24, 2.45) is 5.92 Å². The van der Waals surface area contributed by atoms with Crippen LogP contribution in [0.1, 0.15) is 42.2 Å². The Hall–Kier alpha value is -1.68. The lowest BCUT2D eigenvalue weighted by Crippen LogP contribution is -2.16. The Bertz CT molecular complexity index is 564. The second kappa shape index (κ2) is 5.13. The van der Waals surface area contributed by atoms with E-state index in [-0.39, 0.29) is 6.04 Å². The SMILES string of the molecule is Cc1ccccc1Cc1noc(C2NCCC2C)n1. The first-order valence-corrected chi connectivity index (χ1v) is 6.84. The second-order valence-electron chi connectivity index (χ2n) is 5.35. The number of nitrogens with one attached hydrogen (secondary N) is 1. The number of hydrogen-bond donors (Lipinski definition) is 1. The number of hydrogen-bond acceptors (Lipinski definition) is 4. The Morgan fingerprint density at radius 2 is 2.21 bits per heavy atom. The molecule has 2 unspecified atom stereocenters. The van der Waals surface area contributed by atoms with Crippen LogP contribution in [0.5, 0.6) is 0 Å². The van der Waals surface area contributed by atoms with Crippen molar-refractivity contribution < 1.29 is 4.52 Å². The van der Waals surface area contributed by atoms with E-state index in [1.54, 1.807) is 0 Å². The van der Waals surface area contributed by atoms with Crippen LogP contribution in [0.4, 0.5) is 0 Å². The van der Waals surface area contributed by atoms with Crippen LogP contribution in [0.15, 0.2) is 28.8 Å². The van der Waals surface area contributed by atoms with Gasteiger partial charge in [-0.25, -0.2) is 0 Å². The summed E-state index contributed by atoms with van der Waals surface area (Å²) in [5, 5.41) is 7.52. The third-order valence-corrected chi connectivity index (χ3v) is 3.89. The summed E-state index contributed by atoms with van der Waals surface area (Å²) in [5.74, 6) is 2.06. The summed E-state index contributed by atoms with van der Waals surface area (Å²) >= 11 is 0. The topological polar surface area (TPSA) is 51.0 Å². The molecule has 2 aromatic rings. The monoisotopic (exact) mass is 257 g/mol. The molecule has 1 fully saturated rings. The molecule has 100 valence electrons. The van der Waals surface area contributed by atoms with Gasteiger partial charge in [-0.3, -0.25) is 0 Å². The molecule has 1 aliphatic heterocycles. The molecular formula is C15H19N3O. The summed E-state index contributed by atoms with van der Waals surface area (Å²) < 4.78 is 5.41. The van der Waals surface area contributed by atoms with Crippen LogP contribution >= 0.6 is 0 Å². The van der Waals surface area contributed by atoms with E-state index in [0.29, 0.717) is 5.92 Å². The molecule has 4 nitrogen and oxygen atoms in total. The average Bonchev–Trinajstić information content (AvgIpc) is 3.01. The summed E-state index contributed by atoms with van der Waals surface area (Å²) in [6.45, 7) is 5.36. The summed E-state index contributed by atoms with van der Waals surface area (Å²) in [6, 6.07) is 8.53. The van der Waals surface area contributed by atoms with Gasteiger partial charge in [-0.2, -0.15) is 4.98 Å². The molecule has 3 rings (SSSR count). The quantitative estimate of drug-likeness (QED) is 0.918. The van der Waals surface area contributed by atoms with Crippen LogP contribution in [0.3, 0.4) is 0 Å². The summed E-state index contributed by atoms with van der Waals surface area (Å²) in [6.07, 6.45) is 1.90. The van der Waals surface area contributed by atoms with Gasteiger partial charge in [-0.1, -0.05) is 36.3 Å². The van der Waals surface area contributed by atoms with Gasteiger partial charge in [0, 0.05) is 6.42 Å². The van der Waals surface area contributed by atoms with E-state index in [1.165, 1.54) is 17.5 Å². The van der Waals surface area contributed by atoms with Crippen molar-refractivity contribution >= 4 is 0 Å². The van der Waals surface area contributed by atoms with Gasteiger partial charge in [0.15, 0.2) is 5.82 Å². The fraction of sp³-hybridized carbons (Fsp3) is 0.467. The van der Waals surface area contributed by atoms with Crippen molar-refractivity contribution in [2.45, 2.75) is 32.7 Å². The maximum atomic E-state index is 5.41. The van der Waals surface area contributed by atoms with Gasteiger partial charge in [0.1, 0.15) is 0 Å². The van der Waals surface area contributed by atoms with Gasteiger partial charge < -0.3 is 9.84 Å². The maximum absolute atomic E-state index is 5.41. The number of rotatable bonds is 3. The Kier molecular flexibility index (Phi) is 3.34. The summed E-state index contributed by atoms with van der Waals surface area (Å²) in [4.78, 5) is 4.54. The van der Waals surface area contributed by atoms with Crippen molar-refractivity contribution in [3.8, 4) is 0 Å². The predicted octanol–water partition coefficient (Wildman–Crippen LogP) is 2.64. The van der Waals surface area contributed by atoms with E-state index >= 15 is 0 Å². The largest absolute Gasteiger partial charge is 0.338 e. The van der Waals surface area contributed by atoms with Crippen LogP contribution in [-0.4, -0.2) is 16.7 Å². The Morgan fingerprint density at radius 3 is 2.95 bits per heavy atom. The van der Waals surface area contributed by atoms with Gasteiger partial charge >= 0.3 is 0 Å². The molecule has 0 aliphatic carbocycles. The van der Waals surface area contributed by atoms with Gasteiger partial charge in [0.25, 0.3) is 0 Å². The van der Waals surface area contributed by atoms with Gasteiger partial charge in [0.2, 0.25) is 5.89 Å². The zero-order valence-electron chi connectivity index (χ0n) is 11.4. The van der Waals surface area contributed by atoms with Gasteiger partial charge in [0.05, 0.1) is 6.04 Å². The molecule has 4 heteroatoms. The highest BCUT2D eigenvalue weighted by molar-refractivity contribution is 5.28. The molecule has 1 aromatic carbocycles. The first-order valence-electron chi connectivity index (χ1n) is 6.84. The predicted molar refractivity (Wildman–Crippen MR) is 72.8 cm³/mol. The smallest absolute Gasteiger partial charge is 0.244 e. The van der Waals surface area contributed by atoms with Crippen LogP contribution in [0.25, 0.3) is 0 Å². The molecule has 0 bridgehead atoms. The molecule has 0 saturated carbocycles. The summed E-state index contributed by atoms with van der Waals surface area (Å²) in [7, 11) is 0. The van der Waals surface area contributed by atoms with Gasteiger partial charge in [-0.15, -0.1) is 0 Å². The molecule has 0 amide bonds. The van der Waals surface area contributed by atoms with Crippen LogP contribution < -0.4 is 5.32 Å². The zero-order chi connectivity index (χ0) is 13.2. The molecule has 19 heavy (non-hydrogen) atoms. The third kappa shape index (κ3) is 2.54. The Morgan fingerprint density at radius 1 is 1.37 bits per heavy atom. The van der Waals surface area contributed by atoms with E-state index in [0.717, 1.165) is 24.7 Å². The van der Waals surface area contributed by atoms with Crippen molar-refractivity contribution in [1.29, 1.82) is 0 Å². The molecular weight excluding hydrogens is 238 g/mol. The van der Waals surface area contributed by atoms with E-state index in [2.05, 4.69) is 41.4 Å². The Labute approximate surface area is 113 Å². The van der Waals surface area contributed by atoms with Gasteiger partial charge in [-0.05, 0) is 36.9 Å². The van der Waals surface area contributed by atoms with Crippen molar-refractivity contribution in [2.75, 3.05) is 6.54 Å². The van der Waals surface area contributed by atoms with Crippen LogP contribution in [0, 0.1) is 12.8 Å². The molecule has 1 saturated heterocycles. The van der Waals surface area contributed by atoms with E-state index < -0.39 is 0 Å². The molecule has 1 aliphatic rings. The number of benzene rings is 1. The highest BCUT2D eigenvalue weighted by atomic mass is 16.5. The number of nitrogens with zero attached hydrogens (tertiary/aromatic N) is 2. The molecule has 1 N–H and O–H groups in total. The minimum absolute atomic E-state index is 0.220. The van der Waals surface area contributed by atoms with Crippen molar-refractivity contribution in [3.63, 3.8) is 0 Å². The minimum atomic E-state index is 0.220. The summed E-state index contributed by atoms with van der Waals surface area (Å²) in [5.41, 5.74) is 2.52. The highest BCUT2D eigenvalue weighted by Gasteiger charge is 2.29. The molecule has 0 radical (unpaired) electrons. The fourth-order valence-electron chi connectivity index (χ4n) is 2.61. The molecule has 0 spiro atoms. The highest BCUT2D eigenvalue weighted by Crippen LogP contribution is 2.27. The fourth-order valence-corrected chi connectivity index (χ4v) is 2.61. The first-order chi connectivity index (χ1) is 9.24. The maximum Gasteiger partial charge on any atom is 0.244 e. The second-order valence-corrected chi connectivity index (χ2v) is 5.35. The zero-order valence-corrected chi connectivity index (χ0v) is 11.4. The Balaban J connectivity index is 1.77. The average molecular weight is 257 g/mol. The first kappa shape index (κ1) is 12.4. The van der Waals surface area contributed by atoms with E-state index in [9.17, 15) is 0 Å². The van der Waals surface area contributed by atoms with Crippen LogP contribution in [-0.2, 0) is 6.42 Å². The van der Waals surface area contributed by atoms with Crippen LogP contribution in [0.2, 0.25) is 0 Å². The molecule has 2 atom stereocenters. The van der Waals surface area contributed by atoms with Crippen molar-refractivity contribution in [1.82, 2.24) is 15.5 Å². The number of aromatic nitrogens is 2. The lowest BCUT2D eigenvalue weighted by atomic mass is 10.0. The van der Waals surface area contributed by atoms with E-state index in [4.69, 9.17) is 4.52 Å². The minimum Gasteiger partial charge on any atom is -0.338 e. The lowest BCUT2D eigenvalue weighted by Gasteiger charge is -2.09. The lowest BCUT2D eigenvalue weighted by molar-refractivity contribution is 0.317. The third-order valence-electron chi connectivity index (χ3n) is 3.89.